The number of ether oxygens (including phenoxy) is 4. The largest absolute Gasteiger partial charge is 0.472 e. The maximum atomic E-state index is 13.1. The Kier molecular flexibility index (Phi) is 72.3. The van der Waals surface area contributed by atoms with Crippen LogP contribution in [0.25, 0.3) is 0 Å². The van der Waals surface area contributed by atoms with Crippen molar-refractivity contribution in [3.05, 3.63) is 97.2 Å². The molecule has 19 heteroatoms. The molecule has 0 saturated heterocycles. The number of carbonyl (C=O) groups is 4. The van der Waals surface area contributed by atoms with Crippen molar-refractivity contribution in [1.29, 1.82) is 0 Å². The summed E-state index contributed by atoms with van der Waals surface area (Å²) in [6.07, 6.45) is 79.6. The molecule has 0 saturated carbocycles. The number of rotatable bonds is 76. The van der Waals surface area contributed by atoms with Crippen molar-refractivity contribution in [1.82, 2.24) is 0 Å². The molecule has 0 aliphatic rings. The minimum atomic E-state index is -4.99. The van der Waals surface area contributed by atoms with Crippen LogP contribution in [0, 0.1) is 0 Å². The molecular formula is C83H146O17P2. The lowest BCUT2D eigenvalue weighted by Gasteiger charge is -2.21. The summed E-state index contributed by atoms with van der Waals surface area (Å²) in [6, 6.07) is 0. The van der Waals surface area contributed by atoms with Crippen molar-refractivity contribution in [2.75, 3.05) is 39.6 Å². The smallest absolute Gasteiger partial charge is 0.462 e. The first kappa shape index (κ1) is 98.0. The summed E-state index contributed by atoms with van der Waals surface area (Å²) < 4.78 is 68.6. The predicted octanol–water partition coefficient (Wildman–Crippen LogP) is 23.6. The molecule has 0 radical (unpaired) electrons. The Morgan fingerprint density at radius 1 is 0.284 bits per heavy atom. The van der Waals surface area contributed by atoms with E-state index in [4.69, 9.17) is 37.0 Å². The lowest BCUT2D eigenvalue weighted by Crippen LogP contribution is -2.30. The molecule has 0 aliphatic heterocycles. The van der Waals surface area contributed by atoms with Crippen LogP contribution in [0.1, 0.15) is 349 Å². The number of carbonyl (C=O) groups excluding carboxylic acids is 4. The highest BCUT2D eigenvalue weighted by molar-refractivity contribution is 7.47. The highest BCUT2D eigenvalue weighted by Crippen LogP contribution is 2.45. The van der Waals surface area contributed by atoms with Gasteiger partial charge >= 0.3 is 39.5 Å². The van der Waals surface area contributed by atoms with E-state index >= 15 is 0 Å². The number of phosphoric acid groups is 2. The van der Waals surface area contributed by atoms with Gasteiger partial charge in [0, 0.05) is 25.7 Å². The van der Waals surface area contributed by atoms with Gasteiger partial charge in [-0.25, -0.2) is 9.13 Å². The fourth-order valence-electron chi connectivity index (χ4n) is 10.9. The number of phosphoric ester groups is 2. The summed E-state index contributed by atoms with van der Waals surface area (Å²) >= 11 is 0. The molecule has 0 spiro atoms. The van der Waals surface area contributed by atoms with Crippen LogP contribution < -0.4 is 0 Å². The molecule has 0 amide bonds. The second-order valence-electron chi connectivity index (χ2n) is 27.0. The molecule has 590 valence electrons. The molecule has 17 nitrogen and oxygen atoms in total. The second-order valence-corrected chi connectivity index (χ2v) is 29.9. The summed E-state index contributed by atoms with van der Waals surface area (Å²) in [5.41, 5.74) is 0. The fraction of sp³-hybridized carbons (Fsp3) is 0.759. The highest BCUT2D eigenvalue weighted by Gasteiger charge is 2.30. The molecule has 0 rings (SSSR count). The average Bonchev–Trinajstić information content (AvgIpc) is 0.923. The zero-order chi connectivity index (χ0) is 74.6. The lowest BCUT2D eigenvalue weighted by molar-refractivity contribution is -0.161. The van der Waals surface area contributed by atoms with Gasteiger partial charge in [-0.15, -0.1) is 0 Å². The zero-order valence-corrected chi connectivity index (χ0v) is 66.3. The normalized spacial score (nSPS) is 14.4. The summed E-state index contributed by atoms with van der Waals surface area (Å²) in [5, 5.41) is 10.6. The summed E-state index contributed by atoms with van der Waals surface area (Å²) in [6.45, 7) is 4.69. The molecule has 0 heterocycles. The van der Waals surface area contributed by atoms with E-state index in [0.29, 0.717) is 32.1 Å². The van der Waals surface area contributed by atoms with Gasteiger partial charge in [-0.1, -0.05) is 298 Å². The van der Waals surface area contributed by atoms with Gasteiger partial charge in [0.1, 0.15) is 19.3 Å². The minimum absolute atomic E-state index is 0.0667. The SMILES string of the molecule is CC/C=C\C/C=C\C/C=C\C/C=C\C/C=C\CCCC(=O)OCC(COP(=O)(O)OCC(O)COP(=O)(O)OCC(COC(=O)CCCCCCC/C=C\CCCCCCCC)OC(=O)CCCCCCCCCCCCCCCCC)OC(=O)CCCCCCC/C=C\C/C=C\CCCCC. The van der Waals surface area contributed by atoms with E-state index in [1.165, 1.54) is 122 Å². The van der Waals surface area contributed by atoms with Crippen LogP contribution in [0.15, 0.2) is 97.2 Å². The van der Waals surface area contributed by atoms with E-state index in [2.05, 4.69) is 113 Å². The maximum absolute atomic E-state index is 13.1. The average molecular weight is 1480 g/mol. The molecule has 102 heavy (non-hydrogen) atoms. The van der Waals surface area contributed by atoms with Crippen LogP contribution in [-0.2, 0) is 65.4 Å². The molecule has 5 atom stereocenters. The van der Waals surface area contributed by atoms with Crippen molar-refractivity contribution in [3.8, 4) is 0 Å². The third kappa shape index (κ3) is 74.3. The molecule has 0 aromatic heterocycles. The van der Waals surface area contributed by atoms with Crippen LogP contribution in [0.3, 0.4) is 0 Å². The first-order chi connectivity index (χ1) is 49.7. The van der Waals surface area contributed by atoms with Gasteiger partial charge in [0.15, 0.2) is 12.2 Å². The Morgan fingerprint density at radius 2 is 0.520 bits per heavy atom. The molecule has 3 N–H and O–H groups in total. The van der Waals surface area contributed by atoms with Gasteiger partial charge in [0.25, 0.3) is 0 Å². The topological polar surface area (TPSA) is 237 Å². The molecule has 0 bridgehead atoms. The molecule has 0 aromatic rings. The first-order valence-electron chi connectivity index (χ1n) is 40.5. The standard InChI is InChI=1S/C83H146O17P2/c1-5-9-13-17-21-25-29-33-37-38-42-44-48-52-56-60-64-68-81(86)94-74-79(100-83(88)70-66-62-58-54-50-46-41-36-32-28-24-20-16-12-8-4)76-98-102(91,92)96-72-77(84)71-95-101(89,90)97-75-78(99-82(87)69-65-61-57-53-49-45-40-35-31-27-23-19-15-11-7-3)73-93-80(85)67-63-59-55-51-47-43-39-34-30-26-22-18-14-10-6-2/h9,13,21,24-25,28,33-34,36-37,39,41-42,44,52,56,77-79,84H,5-8,10-12,14-20,22-23,26-27,29-32,35,38,40,43,45-51,53-55,57-76H2,1-4H3,(H,89,90)(H,91,92)/b13-9-,25-21-,28-24-,37-33-,39-34-,41-36-,44-42-,56-52-. The summed E-state index contributed by atoms with van der Waals surface area (Å²) in [5.74, 6) is -2.25. The summed E-state index contributed by atoms with van der Waals surface area (Å²) in [7, 11) is -9.97. The second kappa shape index (κ2) is 75.2. The highest BCUT2D eigenvalue weighted by atomic mass is 31.2. The van der Waals surface area contributed by atoms with Crippen LogP contribution >= 0.6 is 15.6 Å². The van der Waals surface area contributed by atoms with E-state index in [-0.39, 0.29) is 25.7 Å². The predicted molar refractivity (Wildman–Crippen MR) is 418 cm³/mol. The van der Waals surface area contributed by atoms with E-state index in [1.54, 1.807) is 0 Å². The van der Waals surface area contributed by atoms with Gasteiger partial charge in [0.2, 0.25) is 0 Å². The van der Waals surface area contributed by atoms with Gasteiger partial charge < -0.3 is 33.8 Å². The van der Waals surface area contributed by atoms with E-state index < -0.39 is 97.5 Å². The first-order valence-corrected chi connectivity index (χ1v) is 43.5. The van der Waals surface area contributed by atoms with Crippen LogP contribution in [0.5, 0.6) is 0 Å². The molecular weight excluding hydrogens is 1330 g/mol. The van der Waals surface area contributed by atoms with Crippen LogP contribution in [0.4, 0.5) is 0 Å². The minimum Gasteiger partial charge on any atom is -0.462 e. The quantitative estimate of drug-likeness (QED) is 0.0169. The Morgan fingerprint density at radius 3 is 0.853 bits per heavy atom. The Balaban J connectivity index is 5.40. The number of hydrogen-bond donors (Lipinski definition) is 3. The van der Waals surface area contributed by atoms with E-state index in [9.17, 15) is 43.2 Å². The Hall–Kier alpha value is -4.02. The number of esters is 4. The van der Waals surface area contributed by atoms with Gasteiger partial charge in [0.05, 0.1) is 26.4 Å². The third-order valence-corrected chi connectivity index (χ3v) is 18.9. The van der Waals surface area contributed by atoms with Crippen LogP contribution in [-0.4, -0.2) is 96.7 Å². The molecule has 0 aliphatic carbocycles. The number of allylic oxidation sites excluding steroid dienone is 16. The number of aliphatic hydroxyl groups is 1. The lowest BCUT2D eigenvalue weighted by atomic mass is 10.0. The monoisotopic (exact) mass is 1480 g/mol. The Labute approximate surface area is 620 Å². The number of hydrogen-bond acceptors (Lipinski definition) is 15. The fourth-order valence-corrected chi connectivity index (χ4v) is 12.4. The maximum Gasteiger partial charge on any atom is 0.472 e. The summed E-state index contributed by atoms with van der Waals surface area (Å²) in [4.78, 5) is 73.0. The van der Waals surface area contributed by atoms with Gasteiger partial charge in [-0.2, -0.15) is 0 Å². The zero-order valence-electron chi connectivity index (χ0n) is 64.5. The van der Waals surface area contributed by atoms with Crippen molar-refractivity contribution in [2.24, 2.45) is 0 Å². The van der Waals surface area contributed by atoms with Crippen molar-refractivity contribution >= 4 is 39.5 Å². The van der Waals surface area contributed by atoms with Crippen LogP contribution in [0.2, 0.25) is 0 Å². The third-order valence-electron chi connectivity index (χ3n) is 17.0. The van der Waals surface area contributed by atoms with E-state index in [1.807, 2.05) is 12.2 Å². The molecule has 0 fully saturated rings. The van der Waals surface area contributed by atoms with Crippen molar-refractivity contribution in [2.45, 2.75) is 367 Å². The number of aliphatic hydroxyl groups excluding tert-OH is 1. The number of unbranched alkanes of at least 4 members (excludes halogenated alkanes) is 34. The van der Waals surface area contributed by atoms with Crippen molar-refractivity contribution < 1.29 is 80.2 Å². The van der Waals surface area contributed by atoms with Gasteiger partial charge in [-0.3, -0.25) is 37.3 Å². The molecule has 0 aromatic carbocycles. The van der Waals surface area contributed by atoms with E-state index in [0.717, 1.165) is 141 Å². The Bertz CT molecular complexity index is 2310. The van der Waals surface area contributed by atoms with Crippen molar-refractivity contribution in [3.63, 3.8) is 0 Å². The van der Waals surface area contributed by atoms with Gasteiger partial charge in [-0.05, 0) is 122 Å². The molecule has 5 unspecified atom stereocenters.